The lowest BCUT2D eigenvalue weighted by molar-refractivity contribution is -0.120. The molecule has 0 saturated heterocycles. The molecular weight excluding hydrogens is 254 g/mol. The highest BCUT2D eigenvalue weighted by Crippen LogP contribution is 2.08. The van der Waals surface area contributed by atoms with Crippen LogP contribution < -0.4 is 5.32 Å². The van der Waals surface area contributed by atoms with Gasteiger partial charge >= 0.3 is 0 Å². The second-order valence-corrected chi connectivity index (χ2v) is 5.30. The first-order chi connectivity index (χ1) is 8.24. The standard InChI is InChI=1S/C11H13N3OS2/c1-8-5-17-11(14-8)2-3-12-10(15)4-9-6-16-7-13-9/h5-7H,2-4H2,1H3,(H,12,15). The summed E-state index contributed by atoms with van der Waals surface area (Å²) in [6.07, 6.45) is 1.15. The topological polar surface area (TPSA) is 54.9 Å². The Balaban J connectivity index is 1.70. The zero-order valence-electron chi connectivity index (χ0n) is 9.47. The van der Waals surface area contributed by atoms with E-state index in [0.29, 0.717) is 13.0 Å². The van der Waals surface area contributed by atoms with Crippen LogP contribution in [0.15, 0.2) is 16.3 Å². The minimum atomic E-state index is 0.0178. The van der Waals surface area contributed by atoms with Gasteiger partial charge in [-0.05, 0) is 6.92 Å². The van der Waals surface area contributed by atoms with E-state index < -0.39 is 0 Å². The summed E-state index contributed by atoms with van der Waals surface area (Å²) in [5.74, 6) is 0.0178. The van der Waals surface area contributed by atoms with Crippen LogP contribution in [0.1, 0.15) is 16.4 Å². The molecule has 0 bridgehead atoms. The molecule has 2 aromatic rings. The molecule has 4 nitrogen and oxygen atoms in total. The van der Waals surface area contributed by atoms with Crippen LogP contribution in [0.25, 0.3) is 0 Å². The van der Waals surface area contributed by atoms with E-state index in [1.165, 1.54) is 11.3 Å². The van der Waals surface area contributed by atoms with E-state index in [-0.39, 0.29) is 5.91 Å². The predicted molar refractivity (Wildman–Crippen MR) is 69.4 cm³/mol. The third-order valence-corrected chi connectivity index (χ3v) is 3.81. The van der Waals surface area contributed by atoms with Crippen molar-refractivity contribution in [1.82, 2.24) is 15.3 Å². The van der Waals surface area contributed by atoms with E-state index in [2.05, 4.69) is 15.3 Å². The van der Waals surface area contributed by atoms with Crippen molar-refractivity contribution in [2.45, 2.75) is 19.8 Å². The van der Waals surface area contributed by atoms with Gasteiger partial charge in [0.05, 0.1) is 22.6 Å². The fourth-order valence-electron chi connectivity index (χ4n) is 1.38. The molecule has 2 heterocycles. The second kappa shape index (κ2) is 5.88. The maximum absolute atomic E-state index is 11.5. The van der Waals surface area contributed by atoms with Crippen molar-refractivity contribution in [3.05, 3.63) is 32.7 Å². The molecule has 1 amide bonds. The van der Waals surface area contributed by atoms with Gasteiger partial charge in [0.15, 0.2) is 0 Å². The molecule has 0 spiro atoms. The van der Waals surface area contributed by atoms with Gasteiger partial charge in [-0.15, -0.1) is 22.7 Å². The van der Waals surface area contributed by atoms with E-state index >= 15 is 0 Å². The quantitative estimate of drug-likeness (QED) is 0.899. The molecule has 0 saturated carbocycles. The highest BCUT2D eigenvalue weighted by atomic mass is 32.1. The Morgan fingerprint density at radius 1 is 1.47 bits per heavy atom. The average molecular weight is 267 g/mol. The van der Waals surface area contributed by atoms with Crippen molar-refractivity contribution in [3.63, 3.8) is 0 Å². The molecule has 0 radical (unpaired) electrons. The molecule has 0 atom stereocenters. The zero-order valence-corrected chi connectivity index (χ0v) is 11.1. The van der Waals surface area contributed by atoms with E-state index in [1.54, 1.807) is 16.8 Å². The monoisotopic (exact) mass is 267 g/mol. The summed E-state index contributed by atoms with van der Waals surface area (Å²) in [7, 11) is 0. The smallest absolute Gasteiger partial charge is 0.226 e. The van der Waals surface area contributed by atoms with E-state index in [1.807, 2.05) is 17.7 Å². The molecule has 1 N–H and O–H groups in total. The number of amides is 1. The molecule has 2 rings (SSSR count). The summed E-state index contributed by atoms with van der Waals surface area (Å²) in [5.41, 5.74) is 3.61. The first-order valence-corrected chi connectivity index (χ1v) is 7.11. The highest BCUT2D eigenvalue weighted by molar-refractivity contribution is 7.09. The van der Waals surface area contributed by atoms with Crippen molar-refractivity contribution in [2.24, 2.45) is 0 Å². The van der Waals surface area contributed by atoms with Crippen molar-refractivity contribution < 1.29 is 4.79 Å². The second-order valence-electron chi connectivity index (χ2n) is 3.64. The van der Waals surface area contributed by atoms with Gasteiger partial charge in [-0.1, -0.05) is 0 Å². The number of hydrogen-bond acceptors (Lipinski definition) is 5. The Bertz CT molecular complexity index is 479. The summed E-state index contributed by atoms with van der Waals surface area (Å²) in [4.78, 5) is 20.0. The van der Waals surface area contributed by atoms with Crippen LogP contribution in [0.3, 0.4) is 0 Å². The Morgan fingerprint density at radius 3 is 3.00 bits per heavy atom. The SMILES string of the molecule is Cc1csc(CCNC(=O)Cc2cscn2)n1. The molecule has 0 fully saturated rings. The molecule has 2 aromatic heterocycles. The number of thiazole rings is 2. The van der Waals surface area contributed by atoms with Gasteiger partial charge in [0.2, 0.25) is 5.91 Å². The van der Waals surface area contributed by atoms with Gasteiger partial charge in [-0.2, -0.15) is 0 Å². The average Bonchev–Trinajstić information content (AvgIpc) is 2.90. The molecule has 6 heteroatoms. The van der Waals surface area contributed by atoms with Gasteiger partial charge in [-0.25, -0.2) is 9.97 Å². The third kappa shape index (κ3) is 3.90. The predicted octanol–water partition coefficient (Wildman–Crippen LogP) is 1.81. The number of nitrogens with zero attached hydrogens (tertiary/aromatic N) is 2. The van der Waals surface area contributed by atoms with Crippen LogP contribution in [-0.4, -0.2) is 22.4 Å². The van der Waals surface area contributed by atoms with Gasteiger partial charge in [0, 0.05) is 29.4 Å². The van der Waals surface area contributed by atoms with Crippen molar-refractivity contribution in [1.29, 1.82) is 0 Å². The normalized spacial score (nSPS) is 10.4. The first kappa shape index (κ1) is 12.2. The van der Waals surface area contributed by atoms with Crippen LogP contribution in [0.2, 0.25) is 0 Å². The lowest BCUT2D eigenvalue weighted by atomic mass is 10.3. The maximum atomic E-state index is 11.5. The first-order valence-electron chi connectivity index (χ1n) is 5.29. The summed E-state index contributed by atoms with van der Waals surface area (Å²) in [6.45, 7) is 2.61. The highest BCUT2D eigenvalue weighted by Gasteiger charge is 2.05. The number of nitrogens with one attached hydrogen (secondary N) is 1. The number of aryl methyl sites for hydroxylation is 1. The third-order valence-electron chi connectivity index (χ3n) is 2.15. The van der Waals surface area contributed by atoms with E-state index in [0.717, 1.165) is 22.8 Å². The molecular formula is C11H13N3OS2. The summed E-state index contributed by atoms with van der Waals surface area (Å²) >= 11 is 3.14. The zero-order chi connectivity index (χ0) is 12.1. The molecule has 0 aliphatic heterocycles. The lowest BCUT2D eigenvalue weighted by Crippen LogP contribution is -2.27. The van der Waals surface area contributed by atoms with E-state index in [4.69, 9.17) is 0 Å². The van der Waals surface area contributed by atoms with Gasteiger partial charge in [-0.3, -0.25) is 4.79 Å². The number of carbonyl (C=O) groups is 1. The van der Waals surface area contributed by atoms with Gasteiger partial charge in [0.25, 0.3) is 0 Å². The van der Waals surface area contributed by atoms with Crippen LogP contribution in [0, 0.1) is 6.92 Å². The van der Waals surface area contributed by atoms with Crippen LogP contribution in [0.4, 0.5) is 0 Å². The van der Waals surface area contributed by atoms with Crippen LogP contribution >= 0.6 is 22.7 Å². The molecule has 0 unspecified atom stereocenters. The minimum Gasteiger partial charge on any atom is -0.355 e. The van der Waals surface area contributed by atoms with Crippen molar-refractivity contribution >= 4 is 28.6 Å². The molecule has 90 valence electrons. The van der Waals surface area contributed by atoms with Crippen molar-refractivity contribution in [3.8, 4) is 0 Å². The van der Waals surface area contributed by atoms with Crippen LogP contribution in [0.5, 0.6) is 0 Å². The number of hydrogen-bond donors (Lipinski definition) is 1. The fourth-order valence-corrected chi connectivity index (χ4v) is 2.71. The summed E-state index contributed by atoms with van der Waals surface area (Å²) < 4.78 is 0. The molecule has 0 aromatic carbocycles. The Morgan fingerprint density at radius 2 is 2.35 bits per heavy atom. The fraction of sp³-hybridized carbons (Fsp3) is 0.364. The van der Waals surface area contributed by atoms with E-state index in [9.17, 15) is 4.79 Å². The Hall–Kier alpha value is -1.27. The minimum absolute atomic E-state index is 0.0178. The summed E-state index contributed by atoms with van der Waals surface area (Å²) in [6, 6.07) is 0. The van der Waals surface area contributed by atoms with Gasteiger partial charge in [0.1, 0.15) is 0 Å². The molecule has 17 heavy (non-hydrogen) atoms. The lowest BCUT2D eigenvalue weighted by Gasteiger charge is -2.01. The van der Waals surface area contributed by atoms with Crippen LogP contribution in [-0.2, 0) is 17.6 Å². The number of carbonyl (C=O) groups excluding carboxylic acids is 1. The number of aromatic nitrogens is 2. The number of rotatable bonds is 5. The Kier molecular flexibility index (Phi) is 4.22. The van der Waals surface area contributed by atoms with Gasteiger partial charge < -0.3 is 5.32 Å². The molecule has 0 aliphatic carbocycles. The van der Waals surface area contributed by atoms with Crippen molar-refractivity contribution in [2.75, 3.05) is 6.54 Å². The molecule has 0 aliphatic rings. The summed E-state index contributed by atoms with van der Waals surface area (Å²) in [5, 5.41) is 7.85. The largest absolute Gasteiger partial charge is 0.355 e. The maximum Gasteiger partial charge on any atom is 0.226 e. The Labute approximate surface area is 108 Å².